The van der Waals surface area contributed by atoms with E-state index in [1.165, 1.54) is 6.20 Å². The Balaban J connectivity index is 2.45. The Hall–Kier alpha value is -1.38. The number of ether oxygens (including phenoxy) is 1. The molecule has 0 aliphatic carbocycles. The molecule has 0 aromatic carbocycles. The first-order valence-electron chi connectivity index (χ1n) is 5.21. The van der Waals surface area contributed by atoms with Gasteiger partial charge in [-0.1, -0.05) is 0 Å². The van der Waals surface area contributed by atoms with E-state index in [1.54, 1.807) is 12.3 Å². The molecule has 0 saturated heterocycles. The fraction of sp³-hybridized carbons (Fsp3) is 0.500. The van der Waals surface area contributed by atoms with E-state index in [-0.39, 0.29) is 6.61 Å². The molecule has 0 aliphatic heterocycles. The third kappa shape index (κ3) is 5.30. The lowest BCUT2D eigenvalue weighted by molar-refractivity contribution is -0.175. The van der Waals surface area contributed by atoms with Gasteiger partial charge in [0.15, 0.2) is 0 Å². The number of halogens is 3. The Kier molecular flexibility index (Phi) is 5.32. The standard InChI is InChI=1S/C10H15F3N4O/c11-10(12,13)6-18-5-8(17-15)3-7-4-16-2-1-9(7)14/h1-2,4,8,17H,3,5-6,15H2,(H2,14,16). The quantitative estimate of drug-likeness (QED) is 0.518. The highest BCUT2D eigenvalue weighted by molar-refractivity contribution is 5.44. The Morgan fingerprint density at radius 3 is 2.72 bits per heavy atom. The van der Waals surface area contributed by atoms with Gasteiger partial charge < -0.3 is 10.5 Å². The minimum absolute atomic E-state index is 0.162. The van der Waals surface area contributed by atoms with Gasteiger partial charge in [0.05, 0.1) is 6.61 Å². The summed E-state index contributed by atoms with van der Waals surface area (Å²) in [6.45, 7) is -1.46. The van der Waals surface area contributed by atoms with Crippen LogP contribution in [0.3, 0.4) is 0 Å². The number of hydrogen-bond donors (Lipinski definition) is 3. The number of hydrazine groups is 1. The van der Waals surface area contributed by atoms with Crippen molar-refractivity contribution in [3.63, 3.8) is 0 Å². The molecule has 5 N–H and O–H groups in total. The van der Waals surface area contributed by atoms with Crippen molar-refractivity contribution in [2.75, 3.05) is 18.9 Å². The number of nitrogens with two attached hydrogens (primary N) is 2. The second-order valence-corrected chi connectivity index (χ2v) is 3.77. The lowest BCUT2D eigenvalue weighted by atomic mass is 10.1. The Labute approximate surface area is 102 Å². The van der Waals surface area contributed by atoms with Crippen LogP contribution in [0.5, 0.6) is 0 Å². The van der Waals surface area contributed by atoms with Crippen LogP contribution in [-0.4, -0.2) is 30.4 Å². The summed E-state index contributed by atoms with van der Waals surface area (Å²) in [7, 11) is 0. The van der Waals surface area contributed by atoms with E-state index in [0.29, 0.717) is 17.7 Å². The molecule has 1 aromatic heterocycles. The molecule has 18 heavy (non-hydrogen) atoms. The first-order chi connectivity index (χ1) is 8.42. The van der Waals surface area contributed by atoms with Gasteiger partial charge in [-0.25, -0.2) is 0 Å². The maximum Gasteiger partial charge on any atom is 0.411 e. The van der Waals surface area contributed by atoms with Crippen LogP contribution in [0.2, 0.25) is 0 Å². The lowest BCUT2D eigenvalue weighted by Crippen LogP contribution is -2.41. The molecule has 5 nitrogen and oxygen atoms in total. The van der Waals surface area contributed by atoms with E-state index in [4.69, 9.17) is 11.6 Å². The zero-order chi connectivity index (χ0) is 13.6. The van der Waals surface area contributed by atoms with Gasteiger partial charge in [-0.05, 0) is 18.1 Å². The van der Waals surface area contributed by atoms with Crippen LogP contribution in [0.4, 0.5) is 18.9 Å². The summed E-state index contributed by atoms with van der Waals surface area (Å²) in [4.78, 5) is 3.88. The number of alkyl halides is 3. The maximum absolute atomic E-state index is 11.9. The molecule has 0 spiro atoms. The molecule has 1 rings (SSSR count). The van der Waals surface area contributed by atoms with Crippen molar-refractivity contribution in [2.24, 2.45) is 5.84 Å². The minimum atomic E-state index is -4.34. The zero-order valence-electron chi connectivity index (χ0n) is 9.57. The van der Waals surface area contributed by atoms with Crippen LogP contribution in [0.1, 0.15) is 5.56 Å². The van der Waals surface area contributed by atoms with Crippen LogP contribution in [0.25, 0.3) is 0 Å². The first kappa shape index (κ1) is 14.7. The summed E-state index contributed by atoms with van der Waals surface area (Å²) in [5.41, 5.74) is 9.30. The van der Waals surface area contributed by atoms with Crippen molar-refractivity contribution in [1.82, 2.24) is 10.4 Å². The van der Waals surface area contributed by atoms with Gasteiger partial charge in [-0.15, -0.1) is 0 Å². The molecule has 0 aliphatic rings. The van der Waals surface area contributed by atoms with Crippen LogP contribution < -0.4 is 17.0 Å². The Morgan fingerprint density at radius 2 is 2.17 bits per heavy atom. The number of nitrogens with zero attached hydrogens (tertiary/aromatic N) is 1. The number of aromatic nitrogens is 1. The largest absolute Gasteiger partial charge is 0.411 e. The molecular weight excluding hydrogens is 249 g/mol. The van der Waals surface area contributed by atoms with Gasteiger partial charge in [-0.3, -0.25) is 16.3 Å². The number of hydrogen-bond acceptors (Lipinski definition) is 5. The fourth-order valence-corrected chi connectivity index (χ4v) is 1.36. The molecule has 0 amide bonds. The highest BCUT2D eigenvalue weighted by Gasteiger charge is 2.27. The molecule has 1 atom stereocenters. The second kappa shape index (κ2) is 6.53. The molecule has 1 heterocycles. The van der Waals surface area contributed by atoms with E-state index >= 15 is 0 Å². The van der Waals surface area contributed by atoms with Gasteiger partial charge in [0.1, 0.15) is 6.61 Å². The summed E-state index contributed by atoms with van der Waals surface area (Å²) in [6, 6.07) is 1.15. The van der Waals surface area contributed by atoms with E-state index in [9.17, 15) is 13.2 Å². The number of rotatable bonds is 6. The minimum Gasteiger partial charge on any atom is -0.398 e. The maximum atomic E-state index is 11.9. The second-order valence-electron chi connectivity index (χ2n) is 3.77. The molecule has 0 bridgehead atoms. The molecule has 102 valence electrons. The molecular formula is C10H15F3N4O. The molecule has 0 radical (unpaired) electrons. The highest BCUT2D eigenvalue weighted by atomic mass is 19.4. The van der Waals surface area contributed by atoms with Crippen molar-refractivity contribution in [3.05, 3.63) is 24.0 Å². The smallest absolute Gasteiger partial charge is 0.398 e. The number of anilines is 1. The van der Waals surface area contributed by atoms with Gasteiger partial charge in [0.2, 0.25) is 0 Å². The summed E-state index contributed by atoms with van der Waals surface area (Å²) in [5.74, 6) is 5.25. The van der Waals surface area contributed by atoms with E-state index in [1.807, 2.05) is 0 Å². The number of nitrogens with one attached hydrogen (secondary N) is 1. The molecule has 0 fully saturated rings. The van der Waals surface area contributed by atoms with Crippen molar-refractivity contribution in [2.45, 2.75) is 18.6 Å². The van der Waals surface area contributed by atoms with Gasteiger partial charge >= 0.3 is 6.18 Å². The lowest BCUT2D eigenvalue weighted by Gasteiger charge is -2.17. The van der Waals surface area contributed by atoms with Gasteiger partial charge in [0.25, 0.3) is 0 Å². The summed E-state index contributed by atoms with van der Waals surface area (Å²) in [6.07, 6.45) is -0.923. The third-order valence-corrected chi connectivity index (χ3v) is 2.23. The first-order valence-corrected chi connectivity index (χ1v) is 5.21. The topological polar surface area (TPSA) is 86.2 Å². The Morgan fingerprint density at radius 1 is 1.44 bits per heavy atom. The van der Waals surface area contributed by atoms with Crippen LogP contribution in [-0.2, 0) is 11.2 Å². The summed E-state index contributed by atoms with van der Waals surface area (Å²) in [5, 5.41) is 0. The average Bonchev–Trinajstić information content (AvgIpc) is 2.29. The predicted octanol–water partition coefficient (Wildman–Crippen LogP) is 0.617. The third-order valence-electron chi connectivity index (χ3n) is 2.23. The normalized spacial score (nSPS) is 13.6. The van der Waals surface area contributed by atoms with Crippen LogP contribution in [0.15, 0.2) is 18.5 Å². The van der Waals surface area contributed by atoms with E-state index in [2.05, 4.69) is 15.1 Å². The van der Waals surface area contributed by atoms with Crippen LogP contribution in [0, 0.1) is 0 Å². The Bertz CT molecular complexity index is 372. The van der Waals surface area contributed by atoms with Crippen molar-refractivity contribution in [1.29, 1.82) is 0 Å². The number of pyridine rings is 1. The number of nitrogen functional groups attached to an aromatic ring is 1. The van der Waals surface area contributed by atoms with E-state index < -0.39 is 18.8 Å². The molecule has 8 heteroatoms. The SMILES string of the molecule is NNC(COCC(F)(F)F)Cc1cnccc1N. The van der Waals surface area contributed by atoms with Crippen molar-refractivity contribution < 1.29 is 17.9 Å². The van der Waals surface area contributed by atoms with Gasteiger partial charge in [-0.2, -0.15) is 13.2 Å². The summed E-state index contributed by atoms with van der Waals surface area (Å²) < 4.78 is 40.2. The monoisotopic (exact) mass is 264 g/mol. The highest BCUT2D eigenvalue weighted by Crippen LogP contribution is 2.15. The fourth-order valence-electron chi connectivity index (χ4n) is 1.36. The average molecular weight is 264 g/mol. The predicted molar refractivity (Wildman–Crippen MR) is 60.3 cm³/mol. The van der Waals surface area contributed by atoms with Crippen LogP contribution >= 0.6 is 0 Å². The molecule has 1 unspecified atom stereocenters. The van der Waals surface area contributed by atoms with Crippen molar-refractivity contribution >= 4 is 5.69 Å². The van der Waals surface area contributed by atoms with Gasteiger partial charge in [0, 0.05) is 24.1 Å². The molecule has 1 aromatic rings. The van der Waals surface area contributed by atoms with Crippen molar-refractivity contribution in [3.8, 4) is 0 Å². The summed E-state index contributed by atoms with van der Waals surface area (Å²) >= 11 is 0. The zero-order valence-corrected chi connectivity index (χ0v) is 9.57. The van der Waals surface area contributed by atoms with E-state index in [0.717, 1.165) is 0 Å². The molecule has 0 saturated carbocycles.